The number of rotatable bonds is 7. The van der Waals surface area contributed by atoms with Crippen molar-refractivity contribution in [2.24, 2.45) is 0 Å². The number of hydrogen-bond donors (Lipinski definition) is 2. The second-order valence-corrected chi connectivity index (χ2v) is 6.60. The lowest BCUT2D eigenvalue weighted by atomic mass is 10.0. The SMILES string of the molecule is CC(C)(C)OC(=O)N[C@H](CCCC(=O)C1=C/C=C\C=C/C=C1)C(=O)O. The standard InChI is InChI=1S/C19H25NO5/c1-19(2,3)25-18(24)20-15(17(22)23)12-9-13-16(21)14-10-7-5-4-6-8-11-14/h4-8,10-11,15H,9,12-13H2,1-3H3,(H,20,24)(H,22,23)/b5-4-,6-4?,7-5?,8-6-,10-7?,11-8?,14-10?,14-11?/t15-/m1/s1. The van der Waals surface area contributed by atoms with Crippen LogP contribution in [0.4, 0.5) is 4.79 Å². The van der Waals surface area contributed by atoms with E-state index in [0.29, 0.717) is 12.0 Å². The molecule has 0 radical (unpaired) electrons. The maximum absolute atomic E-state index is 12.2. The molecule has 1 rings (SSSR count). The maximum atomic E-state index is 12.2. The van der Waals surface area contributed by atoms with Crippen molar-refractivity contribution in [1.29, 1.82) is 0 Å². The predicted octanol–water partition coefficient (Wildman–Crippen LogP) is 3.31. The van der Waals surface area contributed by atoms with E-state index in [-0.39, 0.29) is 18.6 Å². The molecule has 136 valence electrons. The number of ether oxygens (including phenoxy) is 1. The van der Waals surface area contributed by atoms with Crippen molar-refractivity contribution in [1.82, 2.24) is 5.32 Å². The molecule has 0 saturated heterocycles. The number of alkyl carbamates (subject to hydrolysis) is 1. The number of amides is 1. The number of ketones is 1. The molecular formula is C19H25NO5. The molecule has 1 atom stereocenters. The van der Waals surface area contributed by atoms with Crippen molar-refractivity contribution in [3.05, 3.63) is 48.1 Å². The first-order valence-electron chi connectivity index (χ1n) is 8.16. The zero-order valence-corrected chi connectivity index (χ0v) is 14.8. The Bertz CT molecular complexity index is 620. The van der Waals surface area contributed by atoms with Crippen LogP contribution in [0.3, 0.4) is 0 Å². The van der Waals surface area contributed by atoms with Gasteiger partial charge in [-0.25, -0.2) is 9.59 Å². The molecule has 0 aromatic carbocycles. The van der Waals surface area contributed by atoms with Gasteiger partial charge in [0, 0.05) is 12.0 Å². The molecule has 0 heterocycles. The van der Waals surface area contributed by atoms with Crippen LogP contribution in [0.2, 0.25) is 0 Å². The van der Waals surface area contributed by atoms with Gasteiger partial charge in [-0.05, 0) is 33.6 Å². The molecule has 0 aromatic heterocycles. The minimum atomic E-state index is -1.16. The van der Waals surface area contributed by atoms with Gasteiger partial charge in [0.05, 0.1) is 0 Å². The van der Waals surface area contributed by atoms with E-state index >= 15 is 0 Å². The van der Waals surface area contributed by atoms with Gasteiger partial charge < -0.3 is 15.2 Å². The lowest BCUT2D eigenvalue weighted by Gasteiger charge is -2.22. The Morgan fingerprint density at radius 2 is 1.76 bits per heavy atom. The molecule has 0 aliphatic heterocycles. The molecule has 1 aliphatic rings. The molecule has 1 amide bonds. The number of carbonyl (C=O) groups is 3. The van der Waals surface area contributed by atoms with Crippen LogP contribution in [0.15, 0.2) is 48.1 Å². The third kappa shape index (κ3) is 8.69. The van der Waals surface area contributed by atoms with E-state index in [9.17, 15) is 19.5 Å². The molecule has 0 bridgehead atoms. The quantitative estimate of drug-likeness (QED) is 0.737. The molecule has 6 heteroatoms. The lowest BCUT2D eigenvalue weighted by molar-refractivity contribution is -0.139. The number of nitrogens with one attached hydrogen (secondary N) is 1. The summed E-state index contributed by atoms with van der Waals surface area (Å²) in [5, 5.41) is 11.5. The highest BCUT2D eigenvalue weighted by Crippen LogP contribution is 2.11. The topological polar surface area (TPSA) is 92.7 Å². The van der Waals surface area contributed by atoms with Crippen LogP contribution in [0.25, 0.3) is 0 Å². The zero-order valence-electron chi connectivity index (χ0n) is 14.8. The average Bonchev–Trinajstić information content (AvgIpc) is 2.43. The number of carboxylic acid groups (broad SMARTS) is 1. The fourth-order valence-electron chi connectivity index (χ4n) is 2.07. The van der Waals surface area contributed by atoms with Crippen LogP contribution in [-0.2, 0) is 14.3 Å². The van der Waals surface area contributed by atoms with Crippen LogP contribution >= 0.6 is 0 Å². The second-order valence-electron chi connectivity index (χ2n) is 6.60. The Hall–Kier alpha value is -2.63. The Balaban J connectivity index is 2.51. The summed E-state index contributed by atoms with van der Waals surface area (Å²) in [4.78, 5) is 35.1. The molecule has 2 N–H and O–H groups in total. The van der Waals surface area contributed by atoms with E-state index < -0.39 is 23.7 Å². The Labute approximate surface area is 147 Å². The lowest BCUT2D eigenvalue weighted by Crippen LogP contribution is -2.43. The van der Waals surface area contributed by atoms with Gasteiger partial charge >= 0.3 is 12.1 Å². The van der Waals surface area contributed by atoms with E-state index in [1.807, 2.05) is 18.2 Å². The smallest absolute Gasteiger partial charge is 0.408 e. The summed E-state index contributed by atoms with van der Waals surface area (Å²) in [6.07, 6.45) is 12.4. The van der Waals surface area contributed by atoms with E-state index in [1.54, 1.807) is 45.1 Å². The van der Waals surface area contributed by atoms with Crippen LogP contribution in [-0.4, -0.2) is 34.6 Å². The summed E-state index contributed by atoms with van der Waals surface area (Å²) in [5.74, 6) is -1.23. The van der Waals surface area contributed by atoms with E-state index in [2.05, 4.69) is 5.32 Å². The van der Waals surface area contributed by atoms with Crippen molar-refractivity contribution < 1.29 is 24.2 Å². The zero-order chi connectivity index (χ0) is 18.9. The summed E-state index contributed by atoms with van der Waals surface area (Å²) in [6.45, 7) is 5.09. The maximum Gasteiger partial charge on any atom is 0.408 e. The molecule has 0 saturated carbocycles. The first-order chi connectivity index (χ1) is 11.7. The van der Waals surface area contributed by atoms with Gasteiger partial charge in [-0.3, -0.25) is 4.79 Å². The molecule has 0 spiro atoms. The van der Waals surface area contributed by atoms with Gasteiger partial charge in [0.2, 0.25) is 0 Å². The number of allylic oxidation sites excluding steroid dienone is 8. The molecule has 25 heavy (non-hydrogen) atoms. The molecule has 0 fully saturated rings. The summed E-state index contributed by atoms with van der Waals surface area (Å²) >= 11 is 0. The van der Waals surface area contributed by atoms with Gasteiger partial charge in [-0.1, -0.05) is 42.5 Å². The Morgan fingerprint density at radius 3 is 2.40 bits per heavy atom. The number of carbonyl (C=O) groups excluding carboxylic acids is 2. The predicted molar refractivity (Wildman–Crippen MR) is 95.2 cm³/mol. The summed E-state index contributed by atoms with van der Waals surface area (Å²) in [5.41, 5.74) is -0.144. The van der Waals surface area contributed by atoms with Gasteiger partial charge in [-0.2, -0.15) is 0 Å². The van der Waals surface area contributed by atoms with Gasteiger partial charge in [-0.15, -0.1) is 0 Å². The van der Waals surface area contributed by atoms with Crippen LogP contribution in [0.5, 0.6) is 0 Å². The third-order valence-corrected chi connectivity index (χ3v) is 3.20. The Morgan fingerprint density at radius 1 is 1.12 bits per heavy atom. The van der Waals surface area contributed by atoms with Crippen LogP contribution in [0, 0.1) is 0 Å². The highest BCUT2D eigenvalue weighted by atomic mass is 16.6. The van der Waals surface area contributed by atoms with Crippen LogP contribution in [0.1, 0.15) is 40.0 Å². The largest absolute Gasteiger partial charge is 0.480 e. The van der Waals surface area contributed by atoms with Gasteiger partial charge in [0.1, 0.15) is 11.6 Å². The molecule has 1 aliphatic carbocycles. The number of carboxylic acids is 1. The fraction of sp³-hybridized carbons (Fsp3) is 0.421. The fourth-order valence-corrected chi connectivity index (χ4v) is 2.07. The van der Waals surface area contributed by atoms with E-state index in [0.717, 1.165) is 0 Å². The molecular weight excluding hydrogens is 322 g/mol. The van der Waals surface area contributed by atoms with Crippen LogP contribution < -0.4 is 5.32 Å². The van der Waals surface area contributed by atoms with Gasteiger partial charge in [0.15, 0.2) is 5.78 Å². The first kappa shape index (κ1) is 20.4. The summed E-state index contributed by atoms with van der Waals surface area (Å²) < 4.78 is 5.05. The van der Waals surface area contributed by atoms with Gasteiger partial charge in [0.25, 0.3) is 0 Å². The summed E-state index contributed by atoms with van der Waals surface area (Å²) in [6, 6.07) is -1.09. The number of aliphatic carboxylic acids is 1. The highest BCUT2D eigenvalue weighted by Gasteiger charge is 2.23. The van der Waals surface area contributed by atoms with E-state index in [1.165, 1.54) is 0 Å². The second kappa shape index (κ2) is 9.61. The monoisotopic (exact) mass is 347 g/mol. The average molecular weight is 347 g/mol. The molecule has 0 unspecified atom stereocenters. The van der Waals surface area contributed by atoms with E-state index in [4.69, 9.17) is 4.74 Å². The number of hydrogen-bond acceptors (Lipinski definition) is 4. The summed E-state index contributed by atoms with van der Waals surface area (Å²) in [7, 11) is 0. The minimum Gasteiger partial charge on any atom is -0.480 e. The minimum absolute atomic E-state index is 0.0717. The first-order valence-corrected chi connectivity index (χ1v) is 8.16. The number of Topliss-reactive ketones (excluding diaryl/α,β-unsaturated/α-hetero) is 1. The normalized spacial score (nSPS) is 17.5. The van der Waals surface area contributed by atoms with Crippen molar-refractivity contribution in [3.63, 3.8) is 0 Å². The van der Waals surface area contributed by atoms with Crippen molar-refractivity contribution in [2.45, 2.75) is 51.7 Å². The van der Waals surface area contributed by atoms with Crippen molar-refractivity contribution in [2.75, 3.05) is 0 Å². The van der Waals surface area contributed by atoms with Crippen molar-refractivity contribution >= 4 is 17.8 Å². The molecule has 6 nitrogen and oxygen atoms in total. The Kier molecular flexibility index (Phi) is 7.85. The van der Waals surface area contributed by atoms with Crippen molar-refractivity contribution in [3.8, 4) is 0 Å². The highest BCUT2D eigenvalue weighted by molar-refractivity contribution is 5.98. The molecule has 0 aromatic rings. The third-order valence-electron chi connectivity index (χ3n) is 3.20.